The lowest BCUT2D eigenvalue weighted by molar-refractivity contribution is 0.0983. The first kappa shape index (κ1) is 16.6. The first-order chi connectivity index (χ1) is 12.6. The van der Waals surface area contributed by atoms with Gasteiger partial charge in [-0.15, -0.1) is 0 Å². The highest BCUT2D eigenvalue weighted by Gasteiger charge is 2.28. The van der Waals surface area contributed by atoms with Gasteiger partial charge in [-0.3, -0.25) is 9.78 Å². The van der Waals surface area contributed by atoms with Gasteiger partial charge in [0, 0.05) is 17.6 Å². The molecule has 132 valence electrons. The number of anilines is 1. The minimum Gasteiger partial charge on any atom is -0.497 e. The summed E-state index contributed by atoms with van der Waals surface area (Å²) in [4.78, 5) is 19.9. The van der Waals surface area contributed by atoms with Gasteiger partial charge >= 0.3 is 0 Å². The summed E-state index contributed by atoms with van der Waals surface area (Å²) >= 11 is 0. The number of hydrogen-bond donors (Lipinski definition) is 0. The fourth-order valence-electron chi connectivity index (χ4n) is 3.70. The van der Waals surface area contributed by atoms with Crippen LogP contribution in [0.1, 0.15) is 40.9 Å². The molecule has 4 heteroatoms. The lowest BCUT2D eigenvalue weighted by Crippen LogP contribution is -2.36. The number of ether oxygens (including phenoxy) is 1. The Bertz CT molecular complexity index is 997. The number of para-hydroxylation sites is 1. The molecule has 0 N–H and O–H groups in total. The van der Waals surface area contributed by atoms with Crippen LogP contribution >= 0.6 is 0 Å². The molecule has 1 aliphatic rings. The van der Waals surface area contributed by atoms with Crippen LogP contribution in [0.15, 0.2) is 48.5 Å². The van der Waals surface area contributed by atoms with Gasteiger partial charge in [-0.2, -0.15) is 0 Å². The van der Waals surface area contributed by atoms with Crippen molar-refractivity contribution in [3.63, 3.8) is 0 Å². The summed E-state index contributed by atoms with van der Waals surface area (Å²) in [6.45, 7) is 4.84. The zero-order chi connectivity index (χ0) is 18.3. The van der Waals surface area contributed by atoms with Crippen molar-refractivity contribution in [3.05, 3.63) is 65.4 Å². The standard InChI is InChI=1S/C22H22N2O2/c1-14-10-11-24(21-7-5-4-6-18(14)21)22(25)19-13-16-12-17(26-3)8-9-20(16)23-15(19)2/h4-9,12-14H,10-11H2,1-3H3/t14-/m1/s1. The molecule has 0 fully saturated rings. The van der Waals surface area contributed by atoms with E-state index in [1.165, 1.54) is 5.56 Å². The van der Waals surface area contributed by atoms with Crippen LogP contribution in [0.4, 0.5) is 5.69 Å². The molecule has 1 amide bonds. The smallest absolute Gasteiger partial charge is 0.260 e. The van der Waals surface area contributed by atoms with Crippen molar-refractivity contribution < 1.29 is 9.53 Å². The topological polar surface area (TPSA) is 42.4 Å². The van der Waals surface area contributed by atoms with E-state index in [1.807, 2.05) is 54.3 Å². The highest BCUT2D eigenvalue weighted by Crippen LogP contribution is 2.36. The molecule has 0 radical (unpaired) electrons. The normalized spacial score (nSPS) is 16.4. The molecule has 0 unspecified atom stereocenters. The number of nitrogens with zero attached hydrogens (tertiary/aromatic N) is 2. The zero-order valence-corrected chi connectivity index (χ0v) is 15.3. The monoisotopic (exact) mass is 346 g/mol. The summed E-state index contributed by atoms with van der Waals surface area (Å²) in [6, 6.07) is 15.9. The van der Waals surface area contributed by atoms with Crippen LogP contribution in [0.5, 0.6) is 5.75 Å². The Morgan fingerprint density at radius 2 is 2.00 bits per heavy atom. The van der Waals surface area contributed by atoms with Crippen molar-refractivity contribution in [1.82, 2.24) is 4.98 Å². The molecule has 1 atom stereocenters. The number of carbonyl (C=O) groups is 1. The average molecular weight is 346 g/mol. The molecule has 0 aliphatic carbocycles. The molecule has 4 rings (SSSR count). The van der Waals surface area contributed by atoms with Crippen molar-refractivity contribution >= 4 is 22.5 Å². The number of fused-ring (bicyclic) bond motifs is 2. The highest BCUT2D eigenvalue weighted by atomic mass is 16.5. The van der Waals surface area contributed by atoms with E-state index >= 15 is 0 Å². The van der Waals surface area contributed by atoms with Crippen molar-refractivity contribution in [1.29, 1.82) is 0 Å². The molecule has 26 heavy (non-hydrogen) atoms. The number of aryl methyl sites for hydroxylation is 1. The van der Waals surface area contributed by atoms with Gasteiger partial charge in [-0.05, 0) is 55.2 Å². The van der Waals surface area contributed by atoms with Gasteiger partial charge in [0.15, 0.2) is 0 Å². The molecule has 0 spiro atoms. The molecule has 1 aromatic heterocycles. The van der Waals surface area contributed by atoms with Gasteiger partial charge < -0.3 is 9.64 Å². The predicted octanol–water partition coefficient (Wildman–Crippen LogP) is 4.71. The maximum atomic E-state index is 13.3. The first-order valence-electron chi connectivity index (χ1n) is 8.94. The lowest BCUT2D eigenvalue weighted by atomic mass is 9.91. The number of carbonyl (C=O) groups excluding carboxylic acids is 1. The molecule has 4 nitrogen and oxygen atoms in total. The van der Waals surface area contributed by atoms with Gasteiger partial charge in [0.05, 0.1) is 23.9 Å². The fraction of sp³-hybridized carbons (Fsp3) is 0.273. The first-order valence-corrected chi connectivity index (χ1v) is 8.94. The Morgan fingerprint density at radius 3 is 2.81 bits per heavy atom. The molecular formula is C22H22N2O2. The number of benzene rings is 2. The van der Waals surface area contributed by atoms with E-state index in [-0.39, 0.29) is 5.91 Å². The summed E-state index contributed by atoms with van der Waals surface area (Å²) in [5.74, 6) is 1.24. The van der Waals surface area contributed by atoms with Crippen LogP contribution in [-0.2, 0) is 0 Å². The second kappa shape index (κ2) is 6.45. The predicted molar refractivity (Wildman–Crippen MR) is 104 cm³/mol. The minimum atomic E-state index is 0.0130. The number of methoxy groups -OCH3 is 1. The quantitative estimate of drug-likeness (QED) is 0.675. The van der Waals surface area contributed by atoms with E-state index in [4.69, 9.17) is 4.74 Å². The second-order valence-corrected chi connectivity index (χ2v) is 6.89. The Balaban J connectivity index is 1.79. The molecule has 1 aliphatic heterocycles. The minimum absolute atomic E-state index is 0.0130. The number of amides is 1. The maximum absolute atomic E-state index is 13.3. The van der Waals surface area contributed by atoms with Gasteiger partial charge in [0.25, 0.3) is 5.91 Å². The van der Waals surface area contributed by atoms with Crippen LogP contribution in [0.2, 0.25) is 0 Å². The average Bonchev–Trinajstić information content (AvgIpc) is 2.67. The van der Waals surface area contributed by atoms with E-state index in [0.29, 0.717) is 11.5 Å². The van der Waals surface area contributed by atoms with Crippen LogP contribution in [-0.4, -0.2) is 24.5 Å². The Hall–Kier alpha value is -2.88. The van der Waals surface area contributed by atoms with Crippen molar-refractivity contribution in [2.45, 2.75) is 26.2 Å². The third-order valence-electron chi connectivity index (χ3n) is 5.23. The number of hydrogen-bond acceptors (Lipinski definition) is 3. The number of rotatable bonds is 2. The van der Waals surface area contributed by atoms with Gasteiger partial charge in [-0.1, -0.05) is 25.1 Å². The van der Waals surface area contributed by atoms with Gasteiger partial charge in [0.2, 0.25) is 0 Å². The fourth-order valence-corrected chi connectivity index (χ4v) is 3.70. The van der Waals surface area contributed by atoms with Crippen LogP contribution in [0.3, 0.4) is 0 Å². The van der Waals surface area contributed by atoms with Crippen molar-refractivity contribution in [2.24, 2.45) is 0 Å². The maximum Gasteiger partial charge on any atom is 0.260 e. The Kier molecular flexibility index (Phi) is 4.11. The number of pyridine rings is 1. The van der Waals surface area contributed by atoms with Gasteiger partial charge in [0.1, 0.15) is 5.75 Å². The summed E-state index contributed by atoms with van der Waals surface area (Å²) in [5, 5.41) is 0.914. The largest absolute Gasteiger partial charge is 0.497 e. The lowest BCUT2D eigenvalue weighted by Gasteiger charge is -2.33. The zero-order valence-electron chi connectivity index (χ0n) is 15.3. The van der Waals surface area contributed by atoms with E-state index in [0.717, 1.165) is 41.0 Å². The third kappa shape index (κ3) is 2.71. The molecule has 0 saturated heterocycles. The highest BCUT2D eigenvalue weighted by molar-refractivity contribution is 6.09. The van der Waals surface area contributed by atoms with E-state index in [1.54, 1.807) is 7.11 Å². The van der Waals surface area contributed by atoms with Crippen molar-refractivity contribution in [3.8, 4) is 5.75 Å². The van der Waals surface area contributed by atoms with Crippen LogP contribution in [0.25, 0.3) is 10.9 Å². The van der Waals surface area contributed by atoms with Crippen LogP contribution in [0, 0.1) is 6.92 Å². The van der Waals surface area contributed by atoms with E-state index in [9.17, 15) is 4.79 Å². The summed E-state index contributed by atoms with van der Waals surface area (Å²) in [6.07, 6.45) is 0.969. The Labute approximate surface area is 153 Å². The summed E-state index contributed by atoms with van der Waals surface area (Å²) < 4.78 is 5.30. The van der Waals surface area contributed by atoms with Crippen molar-refractivity contribution in [2.75, 3.05) is 18.6 Å². The molecule has 3 aromatic rings. The van der Waals surface area contributed by atoms with Gasteiger partial charge in [-0.25, -0.2) is 0 Å². The third-order valence-corrected chi connectivity index (χ3v) is 5.23. The Morgan fingerprint density at radius 1 is 1.19 bits per heavy atom. The molecule has 2 heterocycles. The molecule has 0 bridgehead atoms. The molecular weight excluding hydrogens is 324 g/mol. The van der Waals surface area contributed by atoms with E-state index in [2.05, 4.69) is 18.0 Å². The van der Waals surface area contributed by atoms with E-state index < -0.39 is 0 Å². The SMILES string of the molecule is COc1ccc2nc(C)c(C(=O)N3CC[C@@H](C)c4ccccc43)cc2c1. The summed E-state index contributed by atoms with van der Waals surface area (Å²) in [5.41, 5.74) is 4.52. The summed E-state index contributed by atoms with van der Waals surface area (Å²) in [7, 11) is 1.64. The molecule has 0 saturated carbocycles. The second-order valence-electron chi connectivity index (χ2n) is 6.89. The molecule has 2 aromatic carbocycles. The number of aromatic nitrogens is 1. The van der Waals surface area contributed by atoms with Crippen LogP contribution < -0.4 is 9.64 Å².